The molecule has 318 valence electrons. The largest absolute Gasteiger partial charge is 0.310 e. The second-order valence-corrected chi connectivity index (χ2v) is 18.0. The van der Waals surface area contributed by atoms with Crippen LogP contribution in [-0.2, 0) is 5.41 Å². The van der Waals surface area contributed by atoms with Gasteiger partial charge in [-0.3, -0.25) is 0 Å². The molecule has 0 amide bonds. The van der Waals surface area contributed by atoms with Crippen LogP contribution in [0.5, 0.6) is 0 Å². The third kappa shape index (κ3) is 5.47. The van der Waals surface area contributed by atoms with Crippen molar-refractivity contribution in [1.82, 2.24) is 4.57 Å². The molecular formula is C65H43N3. The molecule has 12 aromatic rings. The highest BCUT2D eigenvalue weighted by Crippen LogP contribution is 2.58. The van der Waals surface area contributed by atoms with Crippen LogP contribution in [0.15, 0.2) is 261 Å². The molecule has 0 unspecified atom stereocenters. The minimum atomic E-state index is -0.553. The number of nitrogens with zero attached hydrogens (tertiary/aromatic N) is 3. The van der Waals surface area contributed by atoms with Gasteiger partial charge in [-0.1, -0.05) is 182 Å². The fourth-order valence-corrected chi connectivity index (χ4v) is 11.8. The van der Waals surface area contributed by atoms with Gasteiger partial charge in [0.05, 0.1) is 33.5 Å². The molecule has 68 heavy (non-hydrogen) atoms. The molecule has 11 aromatic carbocycles. The van der Waals surface area contributed by atoms with E-state index in [0.717, 1.165) is 28.4 Å². The summed E-state index contributed by atoms with van der Waals surface area (Å²) in [7, 11) is 0. The lowest BCUT2D eigenvalue weighted by Gasteiger charge is -2.36. The first-order valence-electron chi connectivity index (χ1n) is 23.5. The smallest absolute Gasteiger partial charge is 0.0714 e. The van der Waals surface area contributed by atoms with Gasteiger partial charge in [0.15, 0.2) is 0 Å². The summed E-state index contributed by atoms with van der Waals surface area (Å²) in [6, 6.07) is 96.3. The van der Waals surface area contributed by atoms with E-state index in [1.165, 1.54) is 88.5 Å². The Hall–Kier alpha value is -8.92. The highest BCUT2D eigenvalue weighted by atomic mass is 15.2. The zero-order chi connectivity index (χ0) is 44.8. The highest BCUT2D eigenvalue weighted by Gasteiger charge is 2.46. The zero-order valence-corrected chi connectivity index (χ0v) is 37.2. The number of fused-ring (bicyclic) bond motifs is 8. The van der Waals surface area contributed by atoms with Gasteiger partial charge in [-0.25, -0.2) is 0 Å². The molecule has 0 N–H and O–H groups in total. The first-order chi connectivity index (χ1) is 33.8. The molecule has 0 radical (unpaired) electrons. The lowest BCUT2D eigenvalue weighted by Crippen LogP contribution is -2.28. The summed E-state index contributed by atoms with van der Waals surface area (Å²) < 4.78 is 2.40. The van der Waals surface area contributed by atoms with Gasteiger partial charge in [0.2, 0.25) is 0 Å². The number of rotatable bonds is 7. The van der Waals surface area contributed by atoms with Gasteiger partial charge in [0, 0.05) is 49.9 Å². The molecule has 0 atom stereocenters. The van der Waals surface area contributed by atoms with Crippen LogP contribution in [0.1, 0.15) is 22.3 Å². The van der Waals surface area contributed by atoms with Crippen LogP contribution in [0.4, 0.5) is 34.1 Å². The molecule has 2 aliphatic rings. The average molecular weight is 866 g/mol. The number of benzene rings is 11. The Morgan fingerprint density at radius 1 is 0.324 bits per heavy atom. The third-order valence-corrected chi connectivity index (χ3v) is 14.6. The second-order valence-electron chi connectivity index (χ2n) is 18.0. The molecule has 0 saturated carbocycles. The van der Waals surface area contributed by atoms with Crippen molar-refractivity contribution in [3.63, 3.8) is 0 Å². The van der Waals surface area contributed by atoms with Gasteiger partial charge < -0.3 is 14.4 Å². The zero-order valence-electron chi connectivity index (χ0n) is 37.2. The number of hydrogen-bond acceptors (Lipinski definition) is 2. The first kappa shape index (κ1) is 38.4. The van der Waals surface area contributed by atoms with E-state index >= 15 is 0 Å². The summed E-state index contributed by atoms with van der Waals surface area (Å²) in [4.78, 5) is 4.96. The van der Waals surface area contributed by atoms with Crippen molar-refractivity contribution >= 4 is 66.7 Å². The van der Waals surface area contributed by atoms with Crippen molar-refractivity contribution < 1.29 is 0 Å². The lowest BCUT2D eigenvalue weighted by atomic mass is 9.67. The summed E-state index contributed by atoms with van der Waals surface area (Å²) in [5.41, 5.74) is 19.8. The Balaban J connectivity index is 1.07. The molecule has 1 aliphatic carbocycles. The summed E-state index contributed by atoms with van der Waals surface area (Å²) in [6.07, 6.45) is 0. The minimum absolute atomic E-state index is 0.553. The van der Waals surface area contributed by atoms with E-state index in [4.69, 9.17) is 0 Å². The van der Waals surface area contributed by atoms with Crippen molar-refractivity contribution in [2.75, 3.05) is 9.80 Å². The van der Waals surface area contributed by atoms with Crippen LogP contribution in [0.25, 0.3) is 60.5 Å². The van der Waals surface area contributed by atoms with E-state index in [-0.39, 0.29) is 0 Å². The molecule has 1 aliphatic heterocycles. The number of anilines is 6. The molecular weight excluding hydrogens is 823 g/mol. The number of para-hydroxylation sites is 4. The Morgan fingerprint density at radius 3 is 1.63 bits per heavy atom. The summed E-state index contributed by atoms with van der Waals surface area (Å²) in [5.74, 6) is 0. The fraction of sp³-hybridized carbons (Fsp3) is 0.0154. The summed E-state index contributed by atoms with van der Waals surface area (Å²) in [5, 5.41) is 4.84. The molecule has 0 saturated heterocycles. The maximum absolute atomic E-state index is 2.52. The van der Waals surface area contributed by atoms with Crippen LogP contribution in [0.3, 0.4) is 0 Å². The standard InChI is InChI=1S/C65H43N3/c1-5-20-44(21-6-1)65(45-22-7-2-8-23-45)57-32-16-13-28-50(57)51-38-36-49(43-58(51)65)66(48-37-40-62-56(42-48)53-30-15-18-34-60(53)67(62)46-24-9-3-10-25-46)61-41-39-54-52-29-14-17-33-59(52)68(47-26-11-4-12-27-47)63-35-19-31-55(61)64(54)63/h1-43H. The predicted molar refractivity (Wildman–Crippen MR) is 284 cm³/mol. The molecule has 2 heterocycles. The van der Waals surface area contributed by atoms with Gasteiger partial charge in [0.25, 0.3) is 0 Å². The number of aromatic nitrogens is 1. The first-order valence-corrected chi connectivity index (χ1v) is 23.5. The van der Waals surface area contributed by atoms with Crippen molar-refractivity contribution in [3.05, 3.63) is 283 Å². The normalized spacial score (nSPS) is 13.1. The molecule has 14 rings (SSSR count). The third-order valence-electron chi connectivity index (χ3n) is 14.6. The monoisotopic (exact) mass is 865 g/mol. The van der Waals surface area contributed by atoms with E-state index in [0.29, 0.717) is 0 Å². The summed E-state index contributed by atoms with van der Waals surface area (Å²) in [6.45, 7) is 0. The van der Waals surface area contributed by atoms with E-state index in [2.05, 4.69) is 275 Å². The molecule has 1 aromatic heterocycles. The van der Waals surface area contributed by atoms with E-state index in [9.17, 15) is 0 Å². The Kier molecular flexibility index (Phi) is 8.50. The Morgan fingerprint density at radius 2 is 0.868 bits per heavy atom. The SMILES string of the molecule is c1ccc(N2c3ccccc3-c3ccc(N(c4ccc5c(c4)C(c4ccccc4)(c4ccccc4)c4ccccc4-5)c4ccc5c(c4)c4ccccc4n5-c4ccccc4)c4cccc2c34)cc1. The second kappa shape index (κ2) is 15.1. The van der Waals surface area contributed by atoms with Crippen LogP contribution in [-0.4, -0.2) is 4.57 Å². The topological polar surface area (TPSA) is 11.4 Å². The van der Waals surface area contributed by atoms with E-state index in [1.807, 2.05) is 0 Å². The van der Waals surface area contributed by atoms with Gasteiger partial charge >= 0.3 is 0 Å². The fourth-order valence-electron chi connectivity index (χ4n) is 11.8. The van der Waals surface area contributed by atoms with Crippen molar-refractivity contribution in [2.24, 2.45) is 0 Å². The van der Waals surface area contributed by atoms with Gasteiger partial charge in [-0.15, -0.1) is 0 Å². The predicted octanol–water partition coefficient (Wildman–Crippen LogP) is 17.2. The Labute approximate surface area is 395 Å². The van der Waals surface area contributed by atoms with Crippen molar-refractivity contribution in [1.29, 1.82) is 0 Å². The van der Waals surface area contributed by atoms with Gasteiger partial charge in [0.1, 0.15) is 0 Å². The maximum Gasteiger partial charge on any atom is 0.0714 e. The van der Waals surface area contributed by atoms with Crippen molar-refractivity contribution in [3.8, 4) is 27.9 Å². The number of hydrogen-bond donors (Lipinski definition) is 0. The van der Waals surface area contributed by atoms with Crippen LogP contribution < -0.4 is 9.80 Å². The van der Waals surface area contributed by atoms with E-state index in [1.54, 1.807) is 0 Å². The van der Waals surface area contributed by atoms with Gasteiger partial charge in [-0.05, 0) is 118 Å². The van der Waals surface area contributed by atoms with Crippen LogP contribution in [0.2, 0.25) is 0 Å². The molecule has 3 nitrogen and oxygen atoms in total. The molecule has 0 bridgehead atoms. The molecule has 0 spiro atoms. The molecule has 3 heteroatoms. The minimum Gasteiger partial charge on any atom is -0.310 e. The van der Waals surface area contributed by atoms with E-state index < -0.39 is 5.41 Å². The van der Waals surface area contributed by atoms with Crippen LogP contribution in [0, 0.1) is 0 Å². The highest BCUT2D eigenvalue weighted by molar-refractivity contribution is 6.18. The Bertz CT molecular complexity index is 3870. The van der Waals surface area contributed by atoms with Crippen LogP contribution >= 0.6 is 0 Å². The van der Waals surface area contributed by atoms with Crippen molar-refractivity contribution in [2.45, 2.75) is 5.41 Å². The lowest BCUT2D eigenvalue weighted by molar-refractivity contribution is 0.768. The van der Waals surface area contributed by atoms with Gasteiger partial charge in [-0.2, -0.15) is 0 Å². The summed E-state index contributed by atoms with van der Waals surface area (Å²) >= 11 is 0. The molecule has 0 fully saturated rings. The average Bonchev–Trinajstić information content (AvgIpc) is 3.90. The maximum atomic E-state index is 2.52. The quantitative estimate of drug-likeness (QED) is 0.158.